The van der Waals surface area contributed by atoms with Crippen LogP contribution in [0.5, 0.6) is 0 Å². The Kier molecular flexibility index (Phi) is 5.08. The summed E-state index contributed by atoms with van der Waals surface area (Å²) in [7, 11) is -3.01. The molecule has 130 valence electrons. The van der Waals surface area contributed by atoms with Crippen LogP contribution in [0, 0.1) is 18.8 Å². The minimum absolute atomic E-state index is 0.697. The number of nitrogens with one attached hydrogen (secondary N) is 1. The molecule has 0 amide bonds. The number of imidazole rings is 1. The van der Waals surface area contributed by atoms with Gasteiger partial charge in [-0.3, -0.25) is 4.90 Å². The first-order valence-corrected chi connectivity index (χ1v) is 10.4. The minimum Gasteiger partial charge on any atom is -0.348 e. The quantitative estimate of drug-likeness (QED) is 0.904. The molecule has 2 fully saturated rings. The normalized spacial score (nSPS) is 23.4. The zero-order chi connectivity index (χ0) is 16.4. The summed E-state index contributed by atoms with van der Waals surface area (Å²) < 4.78 is 24.8. The van der Waals surface area contributed by atoms with E-state index in [-0.39, 0.29) is 0 Å². The number of hydrogen-bond acceptors (Lipinski definition) is 4. The Morgan fingerprint density at radius 1 is 1.13 bits per heavy atom. The summed E-state index contributed by atoms with van der Waals surface area (Å²) in [5.74, 6) is 1.45. The summed E-state index contributed by atoms with van der Waals surface area (Å²) in [6.07, 6.45) is 7.60. The summed E-state index contributed by atoms with van der Waals surface area (Å²) in [6, 6.07) is 0. The van der Waals surface area contributed by atoms with E-state index in [4.69, 9.17) is 0 Å². The van der Waals surface area contributed by atoms with Crippen molar-refractivity contribution in [2.75, 3.05) is 32.4 Å². The summed E-state index contributed by atoms with van der Waals surface area (Å²) in [5.41, 5.74) is 2.32. The number of sulfonamides is 1. The molecular weight excluding hydrogens is 312 g/mol. The second-order valence-corrected chi connectivity index (χ2v) is 9.07. The molecular formula is C16H28N4O2S. The molecule has 3 rings (SSSR count). The van der Waals surface area contributed by atoms with Gasteiger partial charge in [0.2, 0.25) is 10.0 Å². The third-order valence-corrected chi connectivity index (χ3v) is 6.88. The lowest BCUT2D eigenvalue weighted by atomic mass is 9.79. The van der Waals surface area contributed by atoms with Crippen molar-refractivity contribution in [1.29, 1.82) is 0 Å². The predicted molar refractivity (Wildman–Crippen MR) is 90.5 cm³/mol. The van der Waals surface area contributed by atoms with Crippen molar-refractivity contribution >= 4 is 10.0 Å². The van der Waals surface area contributed by atoms with Crippen LogP contribution in [0.2, 0.25) is 0 Å². The summed E-state index contributed by atoms with van der Waals surface area (Å²) in [6.45, 7) is 6.68. The number of H-pyrrole nitrogens is 1. The zero-order valence-corrected chi connectivity index (χ0v) is 15.0. The first kappa shape index (κ1) is 16.9. The maximum atomic E-state index is 11.6. The number of aromatic amines is 1. The molecule has 0 bridgehead atoms. The second-order valence-electron chi connectivity index (χ2n) is 7.09. The highest BCUT2D eigenvalue weighted by molar-refractivity contribution is 7.88. The Morgan fingerprint density at radius 2 is 1.70 bits per heavy atom. The first-order valence-electron chi connectivity index (χ1n) is 8.60. The van der Waals surface area contributed by atoms with E-state index in [0.717, 1.165) is 44.1 Å². The van der Waals surface area contributed by atoms with Crippen LogP contribution in [0.15, 0.2) is 6.33 Å². The van der Waals surface area contributed by atoms with Crippen molar-refractivity contribution < 1.29 is 8.42 Å². The van der Waals surface area contributed by atoms with Gasteiger partial charge in [0.15, 0.2) is 0 Å². The Bertz CT molecular complexity index is 612. The first-order chi connectivity index (χ1) is 10.9. The van der Waals surface area contributed by atoms with Crippen molar-refractivity contribution in [2.45, 2.75) is 39.2 Å². The second kappa shape index (κ2) is 6.91. The fourth-order valence-electron chi connectivity index (χ4n) is 4.02. The maximum Gasteiger partial charge on any atom is 0.211 e. The highest BCUT2D eigenvalue weighted by Crippen LogP contribution is 2.33. The lowest BCUT2D eigenvalue weighted by Gasteiger charge is -2.39. The summed E-state index contributed by atoms with van der Waals surface area (Å²) >= 11 is 0. The van der Waals surface area contributed by atoms with Gasteiger partial charge in [-0.2, -0.15) is 0 Å². The largest absolute Gasteiger partial charge is 0.348 e. The van der Waals surface area contributed by atoms with Crippen molar-refractivity contribution in [3.05, 3.63) is 17.7 Å². The summed E-state index contributed by atoms with van der Waals surface area (Å²) in [4.78, 5) is 10.0. The molecule has 1 N–H and O–H groups in total. The van der Waals surface area contributed by atoms with E-state index in [9.17, 15) is 8.42 Å². The molecule has 2 aliphatic heterocycles. The molecule has 0 radical (unpaired) electrons. The molecule has 0 saturated carbocycles. The molecule has 7 heteroatoms. The number of aromatic nitrogens is 2. The highest BCUT2D eigenvalue weighted by Gasteiger charge is 2.31. The van der Waals surface area contributed by atoms with Gasteiger partial charge in [-0.05, 0) is 57.5 Å². The predicted octanol–water partition coefficient (Wildman–Crippen LogP) is 1.60. The van der Waals surface area contributed by atoms with Crippen molar-refractivity contribution in [3.8, 4) is 0 Å². The number of nitrogens with zero attached hydrogens (tertiary/aromatic N) is 3. The molecule has 1 aromatic rings. The average Bonchev–Trinajstić information content (AvgIpc) is 2.93. The van der Waals surface area contributed by atoms with E-state index in [1.165, 1.54) is 24.8 Å². The van der Waals surface area contributed by atoms with Gasteiger partial charge in [0, 0.05) is 25.3 Å². The topological polar surface area (TPSA) is 69.3 Å². The molecule has 0 unspecified atom stereocenters. The molecule has 0 aliphatic carbocycles. The third kappa shape index (κ3) is 4.14. The fraction of sp³-hybridized carbons (Fsp3) is 0.812. The van der Waals surface area contributed by atoms with Gasteiger partial charge >= 0.3 is 0 Å². The van der Waals surface area contributed by atoms with Gasteiger partial charge in [-0.25, -0.2) is 17.7 Å². The molecule has 1 aromatic heterocycles. The molecule has 2 aliphatic rings. The summed E-state index contributed by atoms with van der Waals surface area (Å²) in [5, 5.41) is 0. The van der Waals surface area contributed by atoms with Crippen LogP contribution < -0.4 is 0 Å². The van der Waals surface area contributed by atoms with E-state index in [1.54, 1.807) is 10.6 Å². The van der Waals surface area contributed by atoms with Gasteiger partial charge in [-0.15, -0.1) is 0 Å². The number of aryl methyl sites for hydroxylation is 1. The Hall–Kier alpha value is -0.920. The minimum atomic E-state index is -3.01. The molecule has 3 heterocycles. The van der Waals surface area contributed by atoms with E-state index in [0.29, 0.717) is 19.0 Å². The van der Waals surface area contributed by atoms with Crippen LogP contribution in [0.1, 0.15) is 37.1 Å². The number of hydrogen-bond donors (Lipinski definition) is 1. The number of rotatable bonds is 4. The van der Waals surface area contributed by atoms with E-state index in [1.807, 2.05) is 0 Å². The van der Waals surface area contributed by atoms with Crippen LogP contribution in [0.3, 0.4) is 0 Å². The Morgan fingerprint density at radius 3 is 2.17 bits per heavy atom. The van der Waals surface area contributed by atoms with Gasteiger partial charge in [0.25, 0.3) is 0 Å². The SMILES string of the molecule is Cc1[nH]cnc1CN1CCC(C2CCN(S(C)(=O)=O)CC2)CC1. The Labute approximate surface area is 139 Å². The van der Waals surface area contributed by atoms with Crippen LogP contribution in [0.4, 0.5) is 0 Å². The highest BCUT2D eigenvalue weighted by atomic mass is 32.2. The average molecular weight is 340 g/mol. The number of piperidine rings is 2. The molecule has 23 heavy (non-hydrogen) atoms. The fourth-order valence-corrected chi connectivity index (χ4v) is 4.89. The monoisotopic (exact) mass is 340 g/mol. The zero-order valence-electron chi connectivity index (χ0n) is 14.2. The van der Waals surface area contributed by atoms with Crippen LogP contribution in [-0.2, 0) is 16.6 Å². The van der Waals surface area contributed by atoms with Crippen molar-refractivity contribution in [1.82, 2.24) is 19.2 Å². The van der Waals surface area contributed by atoms with E-state index in [2.05, 4.69) is 21.8 Å². The molecule has 0 aromatic carbocycles. The van der Waals surface area contributed by atoms with E-state index >= 15 is 0 Å². The van der Waals surface area contributed by atoms with Crippen molar-refractivity contribution in [3.63, 3.8) is 0 Å². The van der Waals surface area contributed by atoms with Crippen LogP contribution in [0.25, 0.3) is 0 Å². The van der Waals surface area contributed by atoms with Crippen molar-refractivity contribution in [2.24, 2.45) is 11.8 Å². The molecule has 2 saturated heterocycles. The van der Waals surface area contributed by atoms with Gasteiger partial charge in [0.05, 0.1) is 18.3 Å². The lowest BCUT2D eigenvalue weighted by Crippen LogP contribution is -2.42. The number of likely N-dealkylation sites (tertiary alicyclic amines) is 1. The van der Waals surface area contributed by atoms with Gasteiger partial charge < -0.3 is 4.98 Å². The smallest absolute Gasteiger partial charge is 0.211 e. The standard InChI is InChI=1S/C16H28N4O2S/c1-13-16(18-12-17-13)11-19-7-3-14(4-8-19)15-5-9-20(10-6-15)23(2,21)22/h12,14-15H,3-11H2,1-2H3,(H,17,18). The van der Waals surface area contributed by atoms with Gasteiger partial charge in [-0.1, -0.05) is 0 Å². The van der Waals surface area contributed by atoms with Gasteiger partial charge in [0.1, 0.15) is 0 Å². The lowest BCUT2D eigenvalue weighted by molar-refractivity contribution is 0.113. The maximum absolute atomic E-state index is 11.6. The molecule has 0 spiro atoms. The van der Waals surface area contributed by atoms with E-state index < -0.39 is 10.0 Å². The molecule has 6 nitrogen and oxygen atoms in total. The Balaban J connectivity index is 1.46. The third-order valence-electron chi connectivity index (χ3n) is 5.57. The van der Waals surface area contributed by atoms with Crippen LogP contribution >= 0.6 is 0 Å². The van der Waals surface area contributed by atoms with Crippen LogP contribution in [-0.4, -0.2) is 60.0 Å². The molecule has 0 atom stereocenters.